The zero-order valence-corrected chi connectivity index (χ0v) is 10.1. The number of benzene rings is 1. The van der Waals surface area contributed by atoms with Gasteiger partial charge in [0.2, 0.25) is 5.95 Å². The molecular formula is C12H7ClF4N2. The smallest absolute Gasteiger partial charge is 0.339 e. The van der Waals surface area contributed by atoms with Crippen LogP contribution in [0.1, 0.15) is 5.56 Å². The van der Waals surface area contributed by atoms with Gasteiger partial charge >= 0.3 is 6.18 Å². The molecule has 0 saturated carbocycles. The quantitative estimate of drug-likeness (QED) is 0.644. The molecule has 0 aliphatic heterocycles. The van der Waals surface area contributed by atoms with Crippen molar-refractivity contribution in [3.05, 3.63) is 52.9 Å². The third-order valence-electron chi connectivity index (χ3n) is 2.27. The first kappa shape index (κ1) is 13.6. The fourth-order valence-electron chi connectivity index (χ4n) is 1.41. The van der Waals surface area contributed by atoms with Gasteiger partial charge in [-0.25, -0.2) is 4.98 Å². The minimum atomic E-state index is -4.48. The third kappa shape index (κ3) is 3.35. The lowest BCUT2D eigenvalue weighted by atomic mass is 10.2. The minimum absolute atomic E-state index is 0.00888. The van der Waals surface area contributed by atoms with Gasteiger partial charge < -0.3 is 5.32 Å². The van der Waals surface area contributed by atoms with Gasteiger partial charge in [-0.1, -0.05) is 17.7 Å². The van der Waals surface area contributed by atoms with Crippen molar-refractivity contribution in [3.63, 3.8) is 0 Å². The molecule has 1 N–H and O–H groups in total. The summed E-state index contributed by atoms with van der Waals surface area (Å²) in [6, 6.07) is 6.75. The molecule has 0 aliphatic carbocycles. The van der Waals surface area contributed by atoms with Gasteiger partial charge in [-0.05, 0) is 30.3 Å². The van der Waals surface area contributed by atoms with E-state index >= 15 is 0 Å². The van der Waals surface area contributed by atoms with Crippen LogP contribution < -0.4 is 5.32 Å². The number of nitrogens with zero attached hydrogens (tertiary/aromatic N) is 1. The average molecular weight is 291 g/mol. The number of aromatic nitrogens is 1. The Morgan fingerprint density at radius 1 is 1.11 bits per heavy atom. The summed E-state index contributed by atoms with van der Waals surface area (Å²) in [5, 5.41) is 2.62. The van der Waals surface area contributed by atoms with Gasteiger partial charge in [-0.3, -0.25) is 0 Å². The molecule has 0 unspecified atom stereocenters. The van der Waals surface area contributed by atoms with E-state index in [4.69, 9.17) is 11.6 Å². The van der Waals surface area contributed by atoms with Crippen LogP contribution in [-0.2, 0) is 6.18 Å². The molecule has 0 bridgehead atoms. The number of hydrogen-bond donors (Lipinski definition) is 1. The molecule has 2 nitrogen and oxygen atoms in total. The van der Waals surface area contributed by atoms with Gasteiger partial charge in [0.15, 0.2) is 0 Å². The van der Waals surface area contributed by atoms with Crippen molar-refractivity contribution in [1.29, 1.82) is 0 Å². The van der Waals surface area contributed by atoms with Gasteiger partial charge in [0.1, 0.15) is 5.82 Å². The predicted molar refractivity (Wildman–Crippen MR) is 63.9 cm³/mol. The van der Waals surface area contributed by atoms with E-state index in [0.717, 1.165) is 24.3 Å². The molecule has 0 amide bonds. The van der Waals surface area contributed by atoms with Gasteiger partial charge in [0, 0.05) is 0 Å². The Morgan fingerprint density at radius 3 is 2.47 bits per heavy atom. The molecular weight excluding hydrogens is 284 g/mol. The van der Waals surface area contributed by atoms with Crippen LogP contribution in [0.25, 0.3) is 0 Å². The molecule has 0 fully saturated rings. The van der Waals surface area contributed by atoms with Crippen molar-refractivity contribution in [1.82, 2.24) is 4.98 Å². The van der Waals surface area contributed by atoms with E-state index in [2.05, 4.69) is 10.3 Å². The molecule has 0 atom stereocenters. The van der Waals surface area contributed by atoms with E-state index in [1.807, 2.05) is 0 Å². The lowest BCUT2D eigenvalue weighted by molar-refractivity contribution is -0.137. The molecule has 0 saturated heterocycles. The molecule has 0 spiro atoms. The van der Waals surface area contributed by atoms with Crippen molar-refractivity contribution < 1.29 is 17.6 Å². The second kappa shape index (κ2) is 5.05. The highest BCUT2D eigenvalue weighted by molar-refractivity contribution is 6.33. The van der Waals surface area contributed by atoms with Crippen LogP contribution in [0.3, 0.4) is 0 Å². The summed E-state index contributed by atoms with van der Waals surface area (Å²) in [5.41, 5.74) is -0.842. The van der Waals surface area contributed by atoms with Crippen molar-refractivity contribution in [3.8, 4) is 0 Å². The normalized spacial score (nSPS) is 11.4. The van der Waals surface area contributed by atoms with Gasteiger partial charge in [0.25, 0.3) is 0 Å². The summed E-state index contributed by atoms with van der Waals surface area (Å²) in [4.78, 5) is 3.48. The topological polar surface area (TPSA) is 24.9 Å². The van der Waals surface area contributed by atoms with Gasteiger partial charge in [-0.2, -0.15) is 17.6 Å². The van der Waals surface area contributed by atoms with Crippen LogP contribution in [0.15, 0.2) is 36.4 Å². The SMILES string of the molecule is Fc1cccc(Nc2cc(C(F)(F)F)ccc2Cl)n1. The van der Waals surface area contributed by atoms with E-state index in [9.17, 15) is 17.6 Å². The highest BCUT2D eigenvalue weighted by Crippen LogP contribution is 2.34. The molecule has 100 valence electrons. The molecule has 0 radical (unpaired) electrons. The van der Waals surface area contributed by atoms with E-state index in [0.29, 0.717) is 0 Å². The fraction of sp³-hybridized carbons (Fsp3) is 0.0833. The maximum absolute atomic E-state index is 12.9. The Morgan fingerprint density at radius 2 is 1.84 bits per heavy atom. The minimum Gasteiger partial charge on any atom is -0.339 e. The first-order valence-electron chi connectivity index (χ1n) is 5.12. The molecule has 2 rings (SSSR count). The van der Waals surface area contributed by atoms with E-state index in [1.54, 1.807) is 0 Å². The summed E-state index contributed by atoms with van der Waals surface area (Å²) in [6.45, 7) is 0. The summed E-state index contributed by atoms with van der Waals surface area (Å²) in [7, 11) is 0. The highest BCUT2D eigenvalue weighted by Gasteiger charge is 2.30. The van der Waals surface area contributed by atoms with E-state index in [-0.39, 0.29) is 16.5 Å². The van der Waals surface area contributed by atoms with Crippen LogP contribution in [0.4, 0.5) is 29.1 Å². The monoisotopic (exact) mass is 290 g/mol. The summed E-state index contributed by atoms with van der Waals surface area (Å²) in [6.07, 6.45) is -4.48. The van der Waals surface area contributed by atoms with E-state index < -0.39 is 17.7 Å². The Labute approximate surface area is 111 Å². The zero-order chi connectivity index (χ0) is 14.0. The van der Waals surface area contributed by atoms with E-state index in [1.165, 1.54) is 12.1 Å². The third-order valence-corrected chi connectivity index (χ3v) is 2.60. The van der Waals surface area contributed by atoms with Crippen LogP contribution in [0.5, 0.6) is 0 Å². The molecule has 2 aromatic rings. The number of halogens is 5. The maximum atomic E-state index is 12.9. The Balaban J connectivity index is 2.34. The van der Waals surface area contributed by atoms with Gasteiger partial charge in [0.05, 0.1) is 16.3 Å². The standard InChI is InChI=1S/C12H7ClF4N2/c13-8-5-4-7(12(15,16)17)6-9(8)18-11-3-1-2-10(14)19-11/h1-6H,(H,18,19). The Kier molecular flexibility index (Phi) is 3.61. The largest absolute Gasteiger partial charge is 0.416 e. The number of anilines is 2. The molecule has 7 heteroatoms. The summed E-state index contributed by atoms with van der Waals surface area (Å²) >= 11 is 5.78. The number of pyridine rings is 1. The Hall–Kier alpha value is -1.82. The fourth-order valence-corrected chi connectivity index (χ4v) is 1.58. The van der Waals surface area contributed by atoms with Crippen molar-refractivity contribution in [2.24, 2.45) is 0 Å². The number of rotatable bonds is 2. The van der Waals surface area contributed by atoms with Crippen LogP contribution in [0.2, 0.25) is 5.02 Å². The second-order valence-electron chi connectivity index (χ2n) is 3.66. The highest BCUT2D eigenvalue weighted by atomic mass is 35.5. The number of alkyl halides is 3. The Bertz CT molecular complexity index is 599. The van der Waals surface area contributed by atoms with Crippen molar-refractivity contribution in [2.75, 3.05) is 5.32 Å². The van der Waals surface area contributed by atoms with Crippen molar-refractivity contribution in [2.45, 2.75) is 6.18 Å². The maximum Gasteiger partial charge on any atom is 0.416 e. The predicted octanol–water partition coefficient (Wildman–Crippen LogP) is 4.64. The first-order chi connectivity index (χ1) is 8.86. The number of nitrogens with one attached hydrogen (secondary N) is 1. The van der Waals surface area contributed by atoms with Crippen LogP contribution in [-0.4, -0.2) is 4.98 Å². The molecule has 1 aromatic carbocycles. The zero-order valence-electron chi connectivity index (χ0n) is 9.30. The summed E-state index contributed by atoms with van der Waals surface area (Å²) in [5.74, 6) is -0.672. The summed E-state index contributed by atoms with van der Waals surface area (Å²) < 4.78 is 50.5. The molecule has 1 aromatic heterocycles. The molecule has 1 heterocycles. The van der Waals surface area contributed by atoms with Crippen LogP contribution >= 0.6 is 11.6 Å². The molecule has 19 heavy (non-hydrogen) atoms. The van der Waals surface area contributed by atoms with Gasteiger partial charge in [-0.15, -0.1) is 0 Å². The second-order valence-corrected chi connectivity index (χ2v) is 4.07. The average Bonchev–Trinajstić information content (AvgIpc) is 2.30. The first-order valence-corrected chi connectivity index (χ1v) is 5.50. The lowest BCUT2D eigenvalue weighted by Crippen LogP contribution is -2.06. The van der Waals surface area contributed by atoms with Crippen molar-refractivity contribution >= 4 is 23.1 Å². The molecule has 0 aliphatic rings. The number of hydrogen-bond acceptors (Lipinski definition) is 2. The lowest BCUT2D eigenvalue weighted by Gasteiger charge is -2.11. The van der Waals surface area contributed by atoms with Crippen LogP contribution in [0, 0.1) is 5.95 Å².